The fraction of sp³-hybridized carbons (Fsp3) is 0.125. The van der Waals surface area contributed by atoms with Gasteiger partial charge in [0.25, 0.3) is 5.56 Å². The summed E-state index contributed by atoms with van der Waals surface area (Å²) in [6.07, 6.45) is 2.34. The van der Waals surface area contributed by atoms with Gasteiger partial charge in [0.15, 0.2) is 0 Å². The lowest BCUT2D eigenvalue weighted by Crippen LogP contribution is -2.23. The molecule has 1 rings (SSSR count). The van der Waals surface area contributed by atoms with E-state index in [9.17, 15) is 14.4 Å². The van der Waals surface area contributed by atoms with Gasteiger partial charge in [-0.05, 0) is 13.0 Å². The SMILES string of the molecule is C/C(=C\c1c[nH]c(=O)[nH]c1=O)C(=O)O. The molecule has 0 bridgehead atoms. The molecule has 0 fully saturated rings. The molecule has 1 aromatic rings. The van der Waals surface area contributed by atoms with Crippen LogP contribution in [-0.4, -0.2) is 21.0 Å². The molecule has 0 amide bonds. The van der Waals surface area contributed by atoms with Crippen LogP contribution in [0.15, 0.2) is 21.4 Å². The molecule has 74 valence electrons. The highest BCUT2D eigenvalue weighted by molar-refractivity contribution is 5.91. The quantitative estimate of drug-likeness (QED) is 0.557. The minimum atomic E-state index is -1.12. The molecule has 0 aliphatic rings. The summed E-state index contributed by atoms with van der Waals surface area (Å²) in [4.78, 5) is 36.3. The maximum absolute atomic E-state index is 11.1. The zero-order valence-corrected chi connectivity index (χ0v) is 7.33. The summed E-state index contributed by atoms with van der Waals surface area (Å²) in [6, 6.07) is 0. The molecule has 0 saturated heterocycles. The molecule has 0 aliphatic carbocycles. The van der Waals surface area contributed by atoms with Crippen molar-refractivity contribution in [2.24, 2.45) is 0 Å². The van der Waals surface area contributed by atoms with E-state index in [1.165, 1.54) is 13.0 Å². The number of H-pyrrole nitrogens is 2. The van der Waals surface area contributed by atoms with Crippen LogP contribution in [0.4, 0.5) is 0 Å². The van der Waals surface area contributed by atoms with Crippen molar-refractivity contribution < 1.29 is 9.90 Å². The Morgan fingerprint density at radius 1 is 1.50 bits per heavy atom. The Morgan fingerprint density at radius 3 is 2.64 bits per heavy atom. The molecule has 3 N–H and O–H groups in total. The predicted molar refractivity (Wildman–Crippen MR) is 49.0 cm³/mol. The summed E-state index contributed by atoms with van der Waals surface area (Å²) >= 11 is 0. The Hall–Kier alpha value is -2.11. The first-order valence-corrected chi connectivity index (χ1v) is 3.74. The van der Waals surface area contributed by atoms with E-state index < -0.39 is 17.2 Å². The summed E-state index contributed by atoms with van der Waals surface area (Å²) in [5.74, 6) is -1.12. The fourth-order valence-electron chi connectivity index (χ4n) is 0.822. The van der Waals surface area contributed by atoms with Crippen LogP contribution in [0.1, 0.15) is 12.5 Å². The molecule has 0 spiro atoms. The largest absolute Gasteiger partial charge is 0.478 e. The second kappa shape index (κ2) is 3.73. The molecule has 14 heavy (non-hydrogen) atoms. The van der Waals surface area contributed by atoms with Gasteiger partial charge in [0.1, 0.15) is 0 Å². The van der Waals surface area contributed by atoms with Crippen LogP contribution in [0.25, 0.3) is 6.08 Å². The van der Waals surface area contributed by atoms with Crippen molar-refractivity contribution in [2.45, 2.75) is 6.92 Å². The first-order valence-electron chi connectivity index (χ1n) is 3.74. The number of carboxylic acids is 1. The highest BCUT2D eigenvalue weighted by Gasteiger charge is 2.02. The predicted octanol–water partition coefficient (Wildman–Crippen LogP) is -0.449. The van der Waals surface area contributed by atoms with Gasteiger partial charge in [0.05, 0.1) is 5.56 Å². The average molecular weight is 196 g/mol. The van der Waals surface area contributed by atoms with Crippen LogP contribution >= 0.6 is 0 Å². The fourth-order valence-corrected chi connectivity index (χ4v) is 0.822. The lowest BCUT2D eigenvalue weighted by Gasteiger charge is -1.93. The van der Waals surface area contributed by atoms with E-state index >= 15 is 0 Å². The maximum atomic E-state index is 11.1. The zero-order chi connectivity index (χ0) is 10.7. The van der Waals surface area contributed by atoms with Gasteiger partial charge in [-0.25, -0.2) is 9.59 Å². The van der Waals surface area contributed by atoms with Crippen LogP contribution in [0.5, 0.6) is 0 Å². The van der Waals surface area contributed by atoms with Crippen LogP contribution in [-0.2, 0) is 4.79 Å². The third kappa shape index (κ3) is 2.19. The van der Waals surface area contributed by atoms with Crippen molar-refractivity contribution in [3.8, 4) is 0 Å². The highest BCUT2D eigenvalue weighted by atomic mass is 16.4. The molecule has 6 nitrogen and oxygen atoms in total. The van der Waals surface area contributed by atoms with E-state index in [0.717, 1.165) is 6.20 Å². The first-order chi connectivity index (χ1) is 6.50. The van der Waals surface area contributed by atoms with Gasteiger partial charge in [-0.15, -0.1) is 0 Å². The normalized spacial score (nSPS) is 11.4. The molecule has 6 heteroatoms. The van der Waals surface area contributed by atoms with Crippen LogP contribution in [0.3, 0.4) is 0 Å². The number of aromatic amines is 2. The second-order valence-corrected chi connectivity index (χ2v) is 2.66. The van der Waals surface area contributed by atoms with Gasteiger partial charge in [-0.1, -0.05) is 0 Å². The van der Waals surface area contributed by atoms with Crippen molar-refractivity contribution in [2.75, 3.05) is 0 Å². The summed E-state index contributed by atoms with van der Waals surface area (Å²) in [5.41, 5.74) is -1.12. The average Bonchev–Trinajstić information content (AvgIpc) is 2.09. The van der Waals surface area contributed by atoms with Crippen molar-refractivity contribution in [1.82, 2.24) is 9.97 Å². The molecule has 0 unspecified atom stereocenters. The number of carbonyl (C=O) groups is 1. The standard InChI is InChI=1S/C8H8N2O4/c1-4(7(12)13)2-5-3-9-8(14)10-6(5)11/h2-3H,1H3,(H,12,13)(H2,9,10,11,14)/b4-2+. The Kier molecular flexibility index (Phi) is 2.66. The number of nitrogens with one attached hydrogen (secondary N) is 2. The number of hydrogen-bond acceptors (Lipinski definition) is 3. The smallest absolute Gasteiger partial charge is 0.331 e. The zero-order valence-electron chi connectivity index (χ0n) is 7.33. The maximum Gasteiger partial charge on any atom is 0.331 e. The summed E-state index contributed by atoms with van der Waals surface area (Å²) in [6.45, 7) is 1.35. The molecule has 0 aliphatic heterocycles. The van der Waals surface area contributed by atoms with Gasteiger partial charge in [0.2, 0.25) is 0 Å². The topological polar surface area (TPSA) is 103 Å². The van der Waals surface area contributed by atoms with E-state index in [0.29, 0.717) is 0 Å². The Morgan fingerprint density at radius 2 is 2.14 bits per heavy atom. The Balaban J connectivity index is 3.23. The van der Waals surface area contributed by atoms with E-state index in [-0.39, 0.29) is 11.1 Å². The lowest BCUT2D eigenvalue weighted by molar-refractivity contribution is -0.132. The van der Waals surface area contributed by atoms with Crippen molar-refractivity contribution >= 4 is 12.0 Å². The second-order valence-electron chi connectivity index (χ2n) is 2.66. The van der Waals surface area contributed by atoms with Crippen LogP contribution in [0.2, 0.25) is 0 Å². The molecule has 1 aromatic heterocycles. The van der Waals surface area contributed by atoms with Gasteiger partial charge in [-0.3, -0.25) is 9.78 Å². The van der Waals surface area contributed by atoms with Gasteiger partial charge in [0, 0.05) is 11.8 Å². The van der Waals surface area contributed by atoms with Crippen molar-refractivity contribution in [1.29, 1.82) is 0 Å². The lowest BCUT2D eigenvalue weighted by atomic mass is 10.2. The molecule has 0 radical (unpaired) electrons. The van der Waals surface area contributed by atoms with E-state index in [1.807, 2.05) is 4.98 Å². The number of hydrogen-bond donors (Lipinski definition) is 3. The van der Waals surface area contributed by atoms with Crippen molar-refractivity contribution in [3.63, 3.8) is 0 Å². The van der Waals surface area contributed by atoms with E-state index in [2.05, 4.69) is 4.98 Å². The molecule has 1 heterocycles. The third-order valence-electron chi connectivity index (χ3n) is 1.56. The Labute approximate surface area is 77.9 Å². The molecular formula is C8H8N2O4. The summed E-state index contributed by atoms with van der Waals surface area (Å²) in [5, 5.41) is 8.54. The Bertz CT molecular complexity index is 495. The van der Waals surface area contributed by atoms with Crippen molar-refractivity contribution in [3.05, 3.63) is 38.2 Å². The monoisotopic (exact) mass is 196 g/mol. The number of aromatic nitrogens is 2. The number of aliphatic carboxylic acids is 1. The molecule has 0 aromatic carbocycles. The van der Waals surface area contributed by atoms with Gasteiger partial charge in [-0.2, -0.15) is 0 Å². The van der Waals surface area contributed by atoms with Crippen LogP contribution in [0, 0.1) is 0 Å². The highest BCUT2D eigenvalue weighted by Crippen LogP contribution is 1.98. The molecule has 0 atom stereocenters. The summed E-state index contributed by atoms with van der Waals surface area (Å²) < 4.78 is 0. The third-order valence-corrected chi connectivity index (χ3v) is 1.56. The van der Waals surface area contributed by atoms with Crippen LogP contribution < -0.4 is 11.2 Å². The molecule has 0 saturated carbocycles. The minimum absolute atomic E-state index is 0.0162. The van der Waals surface area contributed by atoms with Gasteiger partial charge >= 0.3 is 11.7 Å². The summed E-state index contributed by atoms with van der Waals surface area (Å²) in [7, 11) is 0. The minimum Gasteiger partial charge on any atom is -0.478 e. The van der Waals surface area contributed by atoms with E-state index in [4.69, 9.17) is 5.11 Å². The van der Waals surface area contributed by atoms with Gasteiger partial charge < -0.3 is 10.1 Å². The van der Waals surface area contributed by atoms with E-state index in [1.54, 1.807) is 0 Å². The first kappa shape index (κ1) is 9.97. The number of rotatable bonds is 2. The number of carboxylic acid groups (broad SMARTS) is 1. The molecular weight excluding hydrogens is 188 g/mol.